The summed E-state index contributed by atoms with van der Waals surface area (Å²) >= 11 is 6.12. The van der Waals surface area contributed by atoms with Crippen LogP contribution in [0.2, 0.25) is 5.02 Å². The molecule has 0 atom stereocenters. The van der Waals surface area contributed by atoms with Gasteiger partial charge in [-0.2, -0.15) is 0 Å². The molecule has 0 aliphatic carbocycles. The summed E-state index contributed by atoms with van der Waals surface area (Å²) in [5, 5.41) is 3.62. The van der Waals surface area contributed by atoms with Crippen molar-refractivity contribution in [2.75, 3.05) is 36.4 Å². The minimum Gasteiger partial charge on any atom is -0.375 e. The first-order valence-electron chi connectivity index (χ1n) is 9.39. The van der Waals surface area contributed by atoms with Gasteiger partial charge < -0.3 is 15.1 Å². The van der Waals surface area contributed by atoms with Crippen LogP contribution in [0.15, 0.2) is 61.2 Å². The molecule has 0 unspecified atom stereocenters. The Hall–Kier alpha value is -2.79. The topological polar surface area (TPSA) is 52.7 Å². The Morgan fingerprint density at radius 2 is 1.86 bits per heavy atom. The molecule has 1 fully saturated rings. The predicted molar refractivity (Wildman–Crippen MR) is 114 cm³/mol. The van der Waals surface area contributed by atoms with Crippen LogP contribution in [-0.2, 0) is 4.79 Å². The first kappa shape index (κ1) is 20.0. The summed E-state index contributed by atoms with van der Waals surface area (Å²) in [6.07, 6.45) is 3.72. The van der Waals surface area contributed by atoms with Crippen molar-refractivity contribution in [3.8, 4) is 0 Å². The fraction of sp³-hybridized carbons (Fsp3) is 0.273. The Morgan fingerprint density at radius 3 is 2.54 bits per heavy atom. The molecule has 0 aromatic heterocycles. The highest BCUT2D eigenvalue weighted by Crippen LogP contribution is 2.24. The highest BCUT2D eigenvalue weighted by molar-refractivity contribution is 6.31. The second-order valence-electron chi connectivity index (χ2n) is 6.67. The zero-order valence-electron chi connectivity index (χ0n) is 15.7. The molecule has 28 heavy (non-hydrogen) atoms. The van der Waals surface area contributed by atoms with E-state index in [0.717, 1.165) is 31.6 Å². The molecule has 2 amide bonds. The van der Waals surface area contributed by atoms with Gasteiger partial charge >= 0.3 is 0 Å². The molecule has 1 aliphatic rings. The Kier molecular flexibility index (Phi) is 6.71. The lowest BCUT2D eigenvalue weighted by molar-refractivity contribution is -0.116. The quantitative estimate of drug-likeness (QED) is 0.712. The number of para-hydroxylation sites is 1. The van der Waals surface area contributed by atoms with E-state index < -0.39 is 0 Å². The predicted octanol–water partition coefficient (Wildman–Crippen LogP) is 4.21. The summed E-state index contributed by atoms with van der Waals surface area (Å²) in [5.41, 5.74) is 1.91. The number of halogens is 1. The van der Waals surface area contributed by atoms with E-state index in [4.69, 9.17) is 11.6 Å². The third kappa shape index (κ3) is 4.73. The van der Waals surface area contributed by atoms with Crippen LogP contribution in [0.4, 0.5) is 11.4 Å². The highest BCUT2D eigenvalue weighted by atomic mass is 35.5. The largest absolute Gasteiger partial charge is 0.375 e. The monoisotopic (exact) mass is 397 g/mol. The van der Waals surface area contributed by atoms with Crippen LogP contribution in [0.3, 0.4) is 0 Å². The number of nitrogens with zero attached hydrogens (tertiary/aromatic N) is 2. The first-order valence-corrected chi connectivity index (χ1v) is 9.77. The van der Waals surface area contributed by atoms with Gasteiger partial charge in [0.2, 0.25) is 5.91 Å². The molecule has 2 aromatic rings. The first-order chi connectivity index (χ1) is 13.6. The summed E-state index contributed by atoms with van der Waals surface area (Å²) in [4.78, 5) is 29.1. The number of carbonyl (C=O) groups is 2. The molecule has 6 heteroatoms. The molecule has 0 radical (unpaired) electrons. The van der Waals surface area contributed by atoms with E-state index in [9.17, 15) is 9.59 Å². The lowest BCUT2D eigenvalue weighted by Crippen LogP contribution is -2.36. The Labute approximate surface area is 170 Å². The summed E-state index contributed by atoms with van der Waals surface area (Å²) in [7, 11) is 0. The Balaban J connectivity index is 1.75. The zero-order chi connectivity index (χ0) is 19.9. The number of benzene rings is 2. The summed E-state index contributed by atoms with van der Waals surface area (Å²) in [6.45, 7) is 5.72. The number of hydrogen-bond donors (Lipinski definition) is 1. The van der Waals surface area contributed by atoms with Gasteiger partial charge in [-0.3, -0.25) is 9.59 Å². The molecule has 0 spiro atoms. The Morgan fingerprint density at radius 1 is 1.14 bits per heavy atom. The van der Waals surface area contributed by atoms with Crippen molar-refractivity contribution in [3.05, 3.63) is 71.8 Å². The number of rotatable bonds is 7. The standard InChI is InChI=1S/C22H24ClN3O2/c1-2-12-26(18-8-4-3-5-9-18)21(27)16-24-20-11-10-17(23)15-19(20)22(28)25-13-6-7-14-25/h2-5,8-11,15,24H,1,6-7,12-14,16H2. The molecule has 3 rings (SSSR count). The minimum absolute atomic E-state index is 0.0547. The van der Waals surface area contributed by atoms with Crippen LogP contribution in [0.25, 0.3) is 0 Å². The van der Waals surface area contributed by atoms with Crippen molar-refractivity contribution < 1.29 is 9.59 Å². The zero-order valence-corrected chi connectivity index (χ0v) is 16.5. The average molecular weight is 398 g/mol. The van der Waals surface area contributed by atoms with Gasteiger partial charge in [-0.05, 0) is 43.2 Å². The fourth-order valence-electron chi connectivity index (χ4n) is 3.29. The molecule has 2 aromatic carbocycles. The van der Waals surface area contributed by atoms with Crippen molar-refractivity contribution in [1.29, 1.82) is 0 Å². The van der Waals surface area contributed by atoms with Crippen LogP contribution >= 0.6 is 11.6 Å². The van der Waals surface area contributed by atoms with Crippen molar-refractivity contribution >= 4 is 34.8 Å². The van der Waals surface area contributed by atoms with E-state index in [1.165, 1.54) is 0 Å². The second-order valence-corrected chi connectivity index (χ2v) is 7.11. The van der Waals surface area contributed by atoms with E-state index in [2.05, 4.69) is 11.9 Å². The molecule has 1 aliphatic heterocycles. The van der Waals surface area contributed by atoms with E-state index in [1.807, 2.05) is 35.2 Å². The van der Waals surface area contributed by atoms with Gasteiger partial charge in [0.1, 0.15) is 0 Å². The molecule has 1 saturated heterocycles. The maximum Gasteiger partial charge on any atom is 0.256 e. The second kappa shape index (κ2) is 9.42. The smallest absolute Gasteiger partial charge is 0.256 e. The highest BCUT2D eigenvalue weighted by Gasteiger charge is 2.23. The SMILES string of the molecule is C=CCN(C(=O)CNc1ccc(Cl)cc1C(=O)N1CCCC1)c1ccccc1. The molecule has 0 bridgehead atoms. The maximum atomic E-state index is 12.8. The van der Waals surface area contributed by atoms with E-state index in [0.29, 0.717) is 22.8 Å². The number of likely N-dealkylation sites (tertiary alicyclic amines) is 1. The molecule has 0 saturated carbocycles. The number of hydrogen-bond acceptors (Lipinski definition) is 3. The summed E-state index contributed by atoms with van der Waals surface area (Å²) in [6, 6.07) is 14.6. The summed E-state index contributed by atoms with van der Waals surface area (Å²) < 4.78 is 0. The number of amides is 2. The van der Waals surface area contributed by atoms with Gasteiger partial charge in [0.15, 0.2) is 0 Å². The van der Waals surface area contributed by atoms with Gasteiger partial charge in [0, 0.05) is 36.0 Å². The van der Waals surface area contributed by atoms with E-state index >= 15 is 0 Å². The number of nitrogens with one attached hydrogen (secondary N) is 1. The van der Waals surface area contributed by atoms with Gasteiger partial charge in [-0.25, -0.2) is 0 Å². The third-order valence-corrected chi connectivity index (χ3v) is 4.95. The lowest BCUT2D eigenvalue weighted by Gasteiger charge is -2.23. The lowest BCUT2D eigenvalue weighted by atomic mass is 10.1. The number of anilines is 2. The van der Waals surface area contributed by atoms with Gasteiger partial charge in [-0.1, -0.05) is 35.9 Å². The van der Waals surface area contributed by atoms with Crippen molar-refractivity contribution in [2.24, 2.45) is 0 Å². The van der Waals surface area contributed by atoms with Crippen molar-refractivity contribution in [1.82, 2.24) is 4.90 Å². The van der Waals surface area contributed by atoms with Gasteiger partial charge in [-0.15, -0.1) is 6.58 Å². The van der Waals surface area contributed by atoms with Crippen LogP contribution < -0.4 is 10.2 Å². The van der Waals surface area contributed by atoms with Gasteiger partial charge in [0.05, 0.1) is 12.1 Å². The van der Waals surface area contributed by atoms with E-state index in [-0.39, 0.29) is 18.4 Å². The molecular formula is C22H24ClN3O2. The van der Waals surface area contributed by atoms with Crippen molar-refractivity contribution in [2.45, 2.75) is 12.8 Å². The third-order valence-electron chi connectivity index (χ3n) is 4.72. The summed E-state index contributed by atoms with van der Waals surface area (Å²) in [5.74, 6) is -0.165. The Bertz CT molecular complexity index is 848. The van der Waals surface area contributed by atoms with Crippen LogP contribution in [0.1, 0.15) is 23.2 Å². The number of carbonyl (C=O) groups excluding carboxylic acids is 2. The van der Waals surface area contributed by atoms with Crippen LogP contribution in [0, 0.1) is 0 Å². The molecule has 146 valence electrons. The van der Waals surface area contributed by atoms with Gasteiger partial charge in [0.25, 0.3) is 5.91 Å². The van der Waals surface area contributed by atoms with E-state index in [1.54, 1.807) is 29.2 Å². The molecule has 5 nitrogen and oxygen atoms in total. The van der Waals surface area contributed by atoms with Crippen LogP contribution in [0.5, 0.6) is 0 Å². The molecular weight excluding hydrogens is 374 g/mol. The average Bonchev–Trinajstić information content (AvgIpc) is 3.26. The molecule has 1 N–H and O–H groups in total. The normalized spacial score (nSPS) is 13.2. The molecule has 1 heterocycles. The fourth-order valence-corrected chi connectivity index (χ4v) is 3.46. The van der Waals surface area contributed by atoms with Crippen LogP contribution in [-0.4, -0.2) is 42.9 Å². The van der Waals surface area contributed by atoms with Crippen molar-refractivity contribution in [3.63, 3.8) is 0 Å². The maximum absolute atomic E-state index is 12.8. The minimum atomic E-state index is -0.111.